The first kappa shape index (κ1) is 47.0. The summed E-state index contributed by atoms with van der Waals surface area (Å²) in [5.41, 5.74) is 5.32. The molecule has 0 aromatic carbocycles. The molecule has 0 heterocycles. The van der Waals surface area contributed by atoms with Crippen LogP contribution in [0.25, 0.3) is 0 Å². The minimum Gasteiger partial charge on any atom is -0.462 e. The topological polar surface area (TPSA) is 134 Å². The third-order valence-corrected chi connectivity index (χ3v) is 8.67. The molecular formula is C39H70NO8P. The summed E-state index contributed by atoms with van der Waals surface area (Å²) in [6.45, 7) is 3.59. The van der Waals surface area contributed by atoms with Crippen molar-refractivity contribution < 1.29 is 37.6 Å². The molecule has 0 fully saturated rings. The molecule has 0 rings (SSSR count). The Bertz CT molecular complexity index is 949. The maximum atomic E-state index is 12.5. The van der Waals surface area contributed by atoms with E-state index < -0.39 is 32.5 Å². The predicted octanol–water partition coefficient (Wildman–Crippen LogP) is 10.4. The minimum atomic E-state index is -4.39. The smallest absolute Gasteiger partial charge is 0.462 e. The molecule has 0 radical (unpaired) electrons. The molecule has 10 heteroatoms. The van der Waals surface area contributed by atoms with Crippen LogP contribution in [0.3, 0.4) is 0 Å². The van der Waals surface area contributed by atoms with Crippen LogP contribution in [0.15, 0.2) is 48.6 Å². The Morgan fingerprint density at radius 2 is 1.10 bits per heavy atom. The zero-order chi connectivity index (χ0) is 36.1. The van der Waals surface area contributed by atoms with Gasteiger partial charge in [0.15, 0.2) is 6.10 Å². The molecule has 0 aliphatic heterocycles. The molecule has 3 N–H and O–H groups in total. The van der Waals surface area contributed by atoms with Crippen molar-refractivity contribution in [1.29, 1.82) is 0 Å². The number of carbonyl (C=O) groups is 2. The van der Waals surface area contributed by atoms with Crippen molar-refractivity contribution >= 4 is 19.8 Å². The Morgan fingerprint density at radius 1 is 0.612 bits per heavy atom. The summed E-state index contributed by atoms with van der Waals surface area (Å²) in [5, 5.41) is 0. The van der Waals surface area contributed by atoms with Gasteiger partial charge in [-0.25, -0.2) is 4.57 Å². The van der Waals surface area contributed by atoms with E-state index in [1.165, 1.54) is 51.4 Å². The number of esters is 2. The second-order valence-corrected chi connectivity index (χ2v) is 13.9. The van der Waals surface area contributed by atoms with Gasteiger partial charge in [0.2, 0.25) is 0 Å². The first-order chi connectivity index (χ1) is 23.8. The number of hydrogen-bond acceptors (Lipinski definition) is 8. The third-order valence-electron chi connectivity index (χ3n) is 7.69. The predicted molar refractivity (Wildman–Crippen MR) is 201 cm³/mol. The number of phosphoric ester groups is 1. The molecule has 0 aliphatic rings. The average Bonchev–Trinajstić information content (AvgIpc) is 3.08. The fourth-order valence-corrected chi connectivity index (χ4v) is 5.57. The van der Waals surface area contributed by atoms with Crippen molar-refractivity contribution in [2.75, 3.05) is 26.4 Å². The summed E-state index contributed by atoms with van der Waals surface area (Å²) >= 11 is 0. The summed E-state index contributed by atoms with van der Waals surface area (Å²) in [6, 6.07) is 0. The zero-order valence-electron chi connectivity index (χ0n) is 30.9. The van der Waals surface area contributed by atoms with E-state index in [2.05, 4.69) is 56.4 Å². The SMILES string of the molecule is CCCCC=CCCCCCCCC(=O)OCC(COP(=O)(O)OCCN)OC(=O)CCCC=CCC=CCC=CCCCCCCCC. The number of carbonyl (C=O) groups excluding carboxylic acids is 2. The summed E-state index contributed by atoms with van der Waals surface area (Å²) in [7, 11) is -4.39. The van der Waals surface area contributed by atoms with Gasteiger partial charge in [0.25, 0.3) is 0 Å². The van der Waals surface area contributed by atoms with Crippen molar-refractivity contribution in [3.63, 3.8) is 0 Å². The molecule has 49 heavy (non-hydrogen) atoms. The molecule has 0 saturated heterocycles. The van der Waals surface area contributed by atoms with Crippen molar-refractivity contribution in [3.05, 3.63) is 48.6 Å². The second kappa shape index (κ2) is 35.8. The molecule has 0 aliphatic carbocycles. The lowest BCUT2D eigenvalue weighted by atomic mass is 10.1. The summed E-state index contributed by atoms with van der Waals surface area (Å²) in [5.74, 6) is -0.906. The van der Waals surface area contributed by atoms with Gasteiger partial charge in [-0.2, -0.15) is 0 Å². The van der Waals surface area contributed by atoms with Crippen LogP contribution in [0, 0.1) is 0 Å². The molecule has 9 nitrogen and oxygen atoms in total. The van der Waals surface area contributed by atoms with E-state index in [1.54, 1.807) is 0 Å². The molecule has 0 spiro atoms. The number of allylic oxidation sites excluding steroid dienone is 8. The highest BCUT2D eigenvalue weighted by Crippen LogP contribution is 2.43. The lowest BCUT2D eigenvalue weighted by Gasteiger charge is -2.19. The van der Waals surface area contributed by atoms with E-state index in [9.17, 15) is 19.0 Å². The number of hydrogen-bond donors (Lipinski definition) is 2. The number of ether oxygens (including phenoxy) is 2. The standard InChI is InChI=1S/C39H70NO8P/c1-3-5-7-9-11-13-15-16-17-18-19-20-22-24-26-28-30-32-39(42)48-37(36-47-49(43,44)46-34-33-40)35-45-38(41)31-29-27-25-23-21-14-12-10-8-6-4-2/h10,12,16-17,19-20,24,26,37H,3-9,11,13-15,18,21-23,25,27-36,40H2,1-2H3,(H,43,44). The van der Waals surface area contributed by atoms with E-state index >= 15 is 0 Å². The molecule has 0 bridgehead atoms. The van der Waals surface area contributed by atoms with Gasteiger partial charge in [-0.05, 0) is 64.2 Å². The zero-order valence-corrected chi connectivity index (χ0v) is 31.8. The molecule has 0 saturated carbocycles. The lowest BCUT2D eigenvalue weighted by molar-refractivity contribution is -0.161. The number of nitrogens with two attached hydrogens (primary N) is 1. The van der Waals surface area contributed by atoms with Crippen LogP contribution < -0.4 is 5.73 Å². The van der Waals surface area contributed by atoms with Crippen LogP contribution in [-0.2, 0) is 32.7 Å². The summed E-state index contributed by atoms with van der Waals surface area (Å²) < 4.78 is 32.5. The van der Waals surface area contributed by atoms with Crippen molar-refractivity contribution in [1.82, 2.24) is 0 Å². The van der Waals surface area contributed by atoms with Gasteiger partial charge in [0, 0.05) is 19.4 Å². The fraction of sp³-hybridized carbons (Fsp3) is 0.744. The maximum Gasteiger partial charge on any atom is 0.472 e. The molecule has 0 amide bonds. The average molecular weight is 712 g/mol. The highest BCUT2D eigenvalue weighted by atomic mass is 31.2. The van der Waals surface area contributed by atoms with Crippen LogP contribution in [0.2, 0.25) is 0 Å². The number of unbranched alkanes of at least 4 members (excludes halogenated alkanes) is 14. The van der Waals surface area contributed by atoms with E-state index in [0.717, 1.165) is 57.8 Å². The van der Waals surface area contributed by atoms with Gasteiger partial charge in [-0.3, -0.25) is 18.6 Å². The van der Waals surface area contributed by atoms with Crippen molar-refractivity contribution in [3.8, 4) is 0 Å². The van der Waals surface area contributed by atoms with Crippen LogP contribution >= 0.6 is 7.82 Å². The van der Waals surface area contributed by atoms with E-state index in [-0.39, 0.29) is 32.6 Å². The van der Waals surface area contributed by atoms with Crippen molar-refractivity contribution in [2.45, 2.75) is 161 Å². The molecule has 2 atom stereocenters. The molecule has 0 aromatic rings. The van der Waals surface area contributed by atoms with Crippen LogP contribution in [0.1, 0.15) is 155 Å². The normalized spacial score (nSPS) is 14.0. The maximum absolute atomic E-state index is 12.5. The molecule has 0 aromatic heterocycles. The summed E-state index contributed by atoms with van der Waals surface area (Å²) in [6.07, 6.45) is 38.7. The Hall–Kier alpha value is -2.03. The Balaban J connectivity index is 4.33. The first-order valence-electron chi connectivity index (χ1n) is 19.1. The Kier molecular flexibility index (Phi) is 34.3. The Labute approximate surface area is 298 Å². The molecule has 284 valence electrons. The van der Waals surface area contributed by atoms with Gasteiger partial charge >= 0.3 is 19.8 Å². The van der Waals surface area contributed by atoms with Gasteiger partial charge in [-0.1, -0.05) is 127 Å². The number of rotatable bonds is 35. The van der Waals surface area contributed by atoms with Gasteiger partial charge in [-0.15, -0.1) is 0 Å². The van der Waals surface area contributed by atoms with Crippen LogP contribution in [0.5, 0.6) is 0 Å². The molecule has 2 unspecified atom stereocenters. The lowest BCUT2D eigenvalue weighted by Crippen LogP contribution is -2.29. The van der Waals surface area contributed by atoms with E-state index in [1.807, 2.05) is 6.08 Å². The highest BCUT2D eigenvalue weighted by Gasteiger charge is 2.25. The fourth-order valence-electron chi connectivity index (χ4n) is 4.81. The van der Waals surface area contributed by atoms with Gasteiger partial charge < -0.3 is 20.1 Å². The van der Waals surface area contributed by atoms with Crippen molar-refractivity contribution in [2.24, 2.45) is 5.73 Å². The quantitative estimate of drug-likeness (QED) is 0.0285. The summed E-state index contributed by atoms with van der Waals surface area (Å²) in [4.78, 5) is 34.6. The Morgan fingerprint density at radius 3 is 1.71 bits per heavy atom. The minimum absolute atomic E-state index is 0.0431. The van der Waals surface area contributed by atoms with Gasteiger partial charge in [0.1, 0.15) is 6.61 Å². The highest BCUT2D eigenvalue weighted by molar-refractivity contribution is 7.47. The van der Waals surface area contributed by atoms with E-state index in [4.69, 9.17) is 24.3 Å². The number of phosphoric acid groups is 1. The van der Waals surface area contributed by atoms with Crippen LogP contribution in [-0.4, -0.2) is 49.3 Å². The molecular weight excluding hydrogens is 641 g/mol. The monoisotopic (exact) mass is 711 g/mol. The van der Waals surface area contributed by atoms with E-state index in [0.29, 0.717) is 19.3 Å². The third kappa shape index (κ3) is 35.6. The first-order valence-corrected chi connectivity index (χ1v) is 20.6. The largest absolute Gasteiger partial charge is 0.472 e. The van der Waals surface area contributed by atoms with Crippen LogP contribution in [0.4, 0.5) is 0 Å². The van der Waals surface area contributed by atoms with Gasteiger partial charge in [0.05, 0.1) is 13.2 Å². The second-order valence-electron chi connectivity index (χ2n) is 12.4.